The van der Waals surface area contributed by atoms with Gasteiger partial charge in [0.2, 0.25) is 0 Å². The zero-order valence-electron chi connectivity index (χ0n) is 15.0. The molecule has 0 aliphatic heterocycles. The second-order valence-corrected chi connectivity index (χ2v) is 12.2. The number of fused-ring (bicyclic) bond motifs is 3. The van der Waals surface area contributed by atoms with Crippen LogP contribution in [0.3, 0.4) is 0 Å². The second-order valence-electron chi connectivity index (χ2n) is 7.91. The Morgan fingerprint density at radius 3 is 2.54 bits per heavy atom. The van der Waals surface area contributed by atoms with Crippen LogP contribution in [0.2, 0.25) is 13.1 Å². The number of aryl methyl sites for hydroxylation is 2. The summed E-state index contributed by atoms with van der Waals surface area (Å²) in [7, 11) is -1.29. The highest BCUT2D eigenvalue weighted by molar-refractivity contribution is 9.10. The van der Waals surface area contributed by atoms with Crippen molar-refractivity contribution in [1.82, 2.24) is 0 Å². The van der Waals surface area contributed by atoms with Crippen molar-refractivity contribution in [3.05, 3.63) is 31.1 Å². The third-order valence-corrected chi connectivity index (χ3v) is 7.30. The van der Waals surface area contributed by atoms with Crippen LogP contribution in [0.4, 0.5) is 0 Å². The molecule has 1 aliphatic carbocycles. The zero-order valence-corrected chi connectivity index (χ0v) is 18.6. The smallest absolute Gasteiger partial charge is 0.354 e. The Morgan fingerprint density at radius 2 is 1.92 bits per heavy atom. The average molecular weight is 429 g/mol. The molecule has 132 valence electrons. The summed E-state index contributed by atoms with van der Waals surface area (Å²) in [6.07, 6.45) is 4.32. The first-order chi connectivity index (χ1) is 11.2. The minimum atomic E-state index is -1.29. The molecule has 0 spiro atoms. The average Bonchev–Trinajstić information content (AvgIpc) is 2.88. The number of halogens is 1. The lowest BCUT2D eigenvalue weighted by Gasteiger charge is -2.32. The Kier molecular flexibility index (Phi) is 5.13. The van der Waals surface area contributed by atoms with Crippen LogP contribution in [0.1, 0.15) is 55.9 Å². The zero-order chi connectivity index (χ0) is 17.6. The number of hydrogen-bond acceptors (Lipinski definition) is 4. The standard InChI is InChI=1S/C18H25BrO3SSi/c1-18(2,3)16(22-24(4)5)14-13(19)12-10-8-6-7-9-11(10)23-15(12)17(20)21-14/h16,24H,6-9H2,1-5H3. The van der Waals surface area contributed by atoms with Gasteiger partial charge in [-0.2, -0.15) is 0 Å². The molecular formula is C18H25BrO3SSi. The highest BCUT2D eigenvalue weighted by Crippen LogP contribution is 2.45. The van der Waals surface area contributed by atoms with Crippen LogP contribution in [0.5, 0.6) is 0 Å². The van der Waals surface area contributed by atoms with Gasteiger partial charge in [0.05, 0.1) is 4.47 Å². The van der Waals surface area contributed by atoms with E-state index in [1.807, 2.05) is 0 Å². The van der Waals surface area contributed by atoms with Crippen molar-refractivity contribution in [1.29, 1.82) is 0 Å². The summed E-state index contributed by atoms with van der Waals surface area (Å²) in [5.74, 6) is 0.660. The van der Waals surface area contributed by atoms with Gasteiger partial charge in [0.1, 0.15) is 10.8 Å². The fourth-order valence-electron chi connectivity index (χ4n) is 3.36. The predicted octanol–water partition coefficient (Wildman–Crippen LogP) is 5.58. The van der Waals surface area contributed by atoms with Crippen LogP contribution in [-0.2, 0) is 17.3 Å². The van der Waals surface area contributed by atoms with Gasteiger partial charge in [-0.05, 0) is 65.7 Å². The van der Waals surface area contributed by atoms with Crippen molar-refractivity contribution in [3.63, 3.8) is 0 Å². The van der Waals surface area contributed by atoms with Gasteiger partial charge in [-0.1, -0.05) is 20.8 Å². The van der Waals surface area contributed by atoms with Gasteiger partial charge in [0, 0.05) is 10.3 Å². The van der Waals surface area contributed by atoms with Crippen LogP contribution >= 0.6 is 27.3 Å². The van der Waals surface area contributed by atoms with E-state index in [-0.39, 0.29) is 17.1 Å². The Balaban J connectivity index is 2.25. The summed E-state index contributed by atoms with van der Waals surface area (Å²) in [4.78, 5) is 14.0. The normalized spacial score (nSPS) is 16.6. The minimum absolute atomic E-state index is 0.139. The molecule has 1 unspecified atom stereocenters. The van der Waals surface area contributed by atoms with E-state index >= 15 is 0 Å². The highest BCUT2D eigenvalue weighted by atomic mass is 79.9. The van der Waals surface area contributed by atoms with Crippen LogP contribution in [0, 0.1) is 5.41 Å². The largest absolute Gasteiger partial charge is 0.423 e. The maximum atomic E-state index is 12.7. The molecule has 0 saturated carbocycles. The number of hydrogen-bond donors (Lipinski definition) is 0. The Labute approximate surface area is 157 Å². The number of rotatable bonds is 3. The number of thiophene rings is 1. The van der Waals surface area contributed by atoms with E-state index < -0.39 is 9.04 Å². The Hall–Kier alpha value is -0.433. The summed E-state index contributed by atoms with van der Waals surface area (Å²) in [6, 6.07) is 0. The minimum Gasteiger partial charge on any atom is -0.423 e. The van der Waals surface area contributed by atoms with Crippen LogP contribution in [0.25, 0.3) is 10.1 Å². The van der Waals surface area contributed by atoms with Gasteiger partial charge in [0.25, 0.3) is 0 Å². The van der Waals surface area contributed by atoms with Crippen molar-refractivity contribution in [3.8, 4) is 0 Å². The van der Waals surface area contributed by atoms with E-state index in [4.69, 9.17) is 8.84 Å². The monoisotopic (exact) mass is 428 g/mol. The first-order valence-electron chi connectivity index (χ1n) is 8.62. The molecule has 2 aromatic heterocycles. The van der Waals surface area contributed by atoms with E-state index in [1.165, 1.54) is 23.3 Å². The Morgan fingerprint density at radius 1 is 1.25 bits per heavy atom. The summed E-state index contributed by atoms with van der Waals surface area (Å²) < 4.78 is 13.8. The summed E-state index contributed by atoms with van der Waals surface area (Å²) in [5, 5.41) is 1.07. The molecule has 2 aromatic rings. The molecule has 0 amide bonds. The quantitative estimate of drug-likeness (QED) is 0.598. The maximum Gasteiger partial charge on any atom is 0.354 e. The van der Waals surface area contributed by atoms with Gasteiger partial charge >= 0.3 is 5.63 Å². The molecule has 0 fully saturated rings. The first-order valence-corrected chi connectivity index (χ1v) is 13.0. The van der Waals surface area contributed by atoms with Crippen LogP contribution < -0.4 is 5.63 Å². The molecule has 0 radical (unpaired) electrons. The molecule has 0 aromatic carbocycles. The molecule has 0 bridgehead atoms. The molecule has 0 N–H and O–H groups in total. The molecule has 24 heavy (non-hydrogen) atoms. The van der Waals surface area contributed by atoms with Crippen molar-refractivity contribution in [2.75, 3.05) is 0 Å². The third-order valence-electron chi connectivity index (χ3n) is 4.43. The van der Waals surface area contributed by atoms with Crippen LogP contribution in [0.15, 0.2) is 13.7 Å². The Bertz CT molecular complexity index is 816. The first kappa shape index (κ1) is 18.4. The van der Waals surface area contributed by atoms with E-state index in [0.29, 0.717) is 5.76 Å². The van der Waals surface area contributed by atoms with Crippen molar-refractivity contribution in [2.24, 2.45) is 5.41 Å². The molecule has 1 atom stereocenters. The third kappa shape index (κ3) is 3.30. The molecule has 0 saturated heterocycles. The van der Waals surface area contributed by atoms with E-state index in [0.717, 1.165) is 27.4 Å². The molecular weight excluding hydrogens is 404 g/mol. The topological polar surface area (TPSA) is 39.4 Å². The van der Waals surface area contributed by atoms with E-state index in [2.05, 4.69) is 49.8 Å². The maximum absolute atomic E-state index is 12.7. The lowest BCUT2D eigenvalue weighted by Crippen LogP contribution is -2.27. The van der Waals surface area contributed by atoms with Gasteiger partial charge < -0.3 is 8.84 Å². The molecule has 3 nitrogen and oxygen atoms in total. The second kappa shape index (κ2) is 6.70. The lowest BCUT2D eigenvalue weighted by molar-refractivity contribution is 0.0627. The van der Waals surface area contributed by atoms with Crippen molar-refractivity contribution >= 4 is 46.4 Å². The molecule has 3 rings (SSSR count). The molecule has 2 heterocycles. The van der Waals surface area contributed by atoms with E-state index in [9.17, 15) is 4.79 Å². The predicted molar refractivity (Wildman–Crippen MR) is 107 cm³/mol. The van der Waals surface area contributed by atoms with Crippen molar-refractivity contribution in [2.45, 2.75) is 65.7 Å². The summed E-state index contributed by atoms with van der Waals surface area (Å²) >= 11 is 5.38. The van der Waals surface area contributed by atoms with Gasteiger partial charge in [0.15, 0.2) is 14.8 Å². The fraction of sp³-hybridized carbons (Fsp3) is 0.611. The fourth-order valence-corrected chi connectivity index (χ4v) is 6.56. The lowest BCUT2D eigenvalue weighted by atomic mass is 9.87. The van der Waals surface area contributed by atoms with Gasteiger partial charge in [-0.25, -0.2) is 4.79 Å². The molecule has 6 heteroatoms. The summed E-state index contributed by atoms with van der Waals surface area (Å²) in [6.45, 7) is 10.7. The van der Waals surface area contributed by atoms with Crippen LogP contribution in [-0.4, -0.2) is 9.04 Å². The van der Waals surface area contributed by atoms with E-state index in [1.54, 1.807) is 11.3 Å². The SMILES string of the molecule is C[SiH](C)OC(c1oc(=O)c2sc3c(c2c1Br)CCCC3)C(C)(C)C. The summed E-state index contributed by atoms with van der Waals surface area (Å²) in [5.41, 5.74) is 0.988. The van der Waals surface area contributed by atoms with Gasteiger partial charge in [-0.3, -0.25) is 0 Å². The van der Waals surface area contributed by atoms with Gasteiger partial charge in [-0.15, -0.1) is 11.3 Å². The highest BCUT2D eigenvalue weighted by Gasteiger charge is 2.34. The van der Waals surface area contributed by atoms with Crippen molar-refractivity contribution < 1.29 is 8.84 Å². The molecule has 1 aliphatic rings.